The number of amides is 1. The van der Waals surface area contributed by atoms with Crippen LogP contribution in [0.4, 0.5) is 0 Å². The van der Waals surface area contributed by atoms with Crippen LogP contribution in [-0.4, -0.2) is 31.0 Å². The second-order valence-electron chi connectivity index (χ2n) is 4.69. The second-order valence-corrected chi connectivity index (χ2v) is 5.60. The number of nitrogens with zero attached hydrogens (tertiary/aromatic N) is 1. The molecule has 1 amide bonds. The van der Waals surface area contributed by atoms with Crippen molar-refractivity contribution < 1.29 is 4.79 Å². The van der Waals surface area contributed by atoms with Gasteiger partial charge in [-0.1, -0.05) is 22.0 Å². The van der Waals surface area contributed by atoms with E-state index >= 15 is 0 Å². The van der Waals surface area contributed by atoms with E-state index in [1.54, 1.807) is 12.1 Å². The molecule has 4 N–H and O–H groups in total. The summed E-state index contributed by atoms with van der Waals surface area (Å²) in [5.74, 6) is 0.363. The molecule has 0 heterocycles. The number of hydrogen-bond donors (Lipinski definition) is 3. The molecule has 0 unspecified atom stereocenters. The molecule has 0 aromatic heterocycles. The smallest absolute Gasteiger partial charge is 0.251 e. The van der Waals surface area contributed by atoms with Crippen LogP contribution in [0.15, 0.2) is 33.7 Å². The van der Waals surface area contributed by atoms with Crippen molar-refractivity contribution in [3.63, 3.8) is 0 Å². The van der Waals surface area contributed by atoms with Gasteiger partial charge in [-0.05, 0) is 38.5 Å². The summed E-state index contributed by atoms with van der Waals surface area (Å²) in [6.07, 6.45) is 0.750. The fourth-order valence-corrected chi connectivity index (χ4v) is 1.95. The van der Waals surface area contributed by atoms with Gasteiger partial charge in [-0.15, -0.1) is 24.0 Å². The lowest BCUT2D eigenvalue weighted by Crippen LogP contribution is -2.37. The molecule has 0 aliphatic rings. The molecule has 0 bridgehead atoms. The van der Waals surface area contributed by atoms with Gasteiger partial charge in [0.05, 0.1) is 0 Å². The normalized spacial score (nSPS) is 11.0. The van der Waals surface area contributed by atoms with Gasteiger partial charge in [0, 0.05) is 29.2 Å². The summed E-state index contributed by atoms with van der Waals surface area (Å²) >= 11 is 3.34. The van der Waals surface area contributed by atoms with Gasteiger partial charge in [-0.3, -0.25) is 9.79 Å². The highest BCUT2D eigenvalue weighted by molar-refractivity contribution is 14.0. The van der Waals surface area contributed by atoms with E-state index in [0.717, 1.165) is 10.9 Å². The predicted molar refractivity (Wildman–Crippen MR) is 101 cm³/mol. The molecule has 0 radical (unpaired) electrons. The summed E-state index contributed by atoms with van der Waals surface area (Å²) in [4.78, 5) is 16.0. The Balaban J connectivity index is 0.00000400. The fraction of sp³-hybridized carbons (Fsp3) is 0.429. The maximum Gasteiger partial charge on any atom is 0.251 e. The van der Waals surface area contributed by atoms with Crippen LogP contribution in [0.5, 0.6) is 0 Å². The zero-order valence-corrected chi connectivity index (χ0v) is 16.1. The Labute approximate surface area is 151 Å². The number of benzene rings is 1. The Hall–Kier alpha value is -0.830. The molecular formula is C14H22BrIN4O. The molecule has 0 atom stereocenters. The van der Waals surface area contributed by atoms with Crippen LogP contribution in [0.1, 0.15) is 30.6 Å². The number of carbonyl (C=O) groups is 1. The fourth-order valence-electron chi connectivity index (χ4n) is 1.55. The molecule has 118 valence electrons. The average Bonchev–Trinajstić information content (AvgIpc) is 2.37. The monoisotopic (exact) mass is 468 g/mol. The largest absolute Gasteiger partial charge is 0.370 e. The lowest BCUT2D eigenvalue weighted by atomic mass is 10.2. The minimum absolute atomic E-state index is 0. The highest BCUT2D eigenvalue weighted by atomic mass is 127. The Kier molecular flexibility index (Phi) is 10.4. The summed E-state index contributed by atoms with van der Waals surface area (Å²) in [6.45, 7) is 5.16. The quantitative estimate of drug-likeness (QED) is 0.260. The van der Waals surface area contributed by atoms with E-state index in [4.69, 9.17) is 5.73 Å². The lowest BCUT2D eigenvalue weighted by Gasteiger charge is -2.08. The van der Waals surface area contributed by atoms with Crippen molar-refractivity contribution in [2.45, 2.75) is 26.3 Å². The SMILES string of the molecule is CC(C)NC(N)=NCCCNC(=O)c1cccc(Br)c1.I. The first-order valence-corrected chi connectivity index (χ1v) is 7.38. The summed E-state index contributed by atoms with van der Waals surface area (Å²) in [5, 5.41) is 5.86. The molecule has 1 aromatic rings. The molecule has 0 saturated heterocycles. The molecule has 0 aliphatic carbocycles. The average molecular weight is 469 g/mol. The molecule has 1 aromatic carbocycles. The van der Waals surface area contributed by atoms with Crippen molar-refractivity contribution in [1.82, 2.24) is 10.6 Å². The van der Waals surface area contributed by atoms with Crippen molar-refractivity contribution in [3.05, 3.63) is 34.3 Å². The zero-order chi connectivity index (χ0) is 15.0. The van der Waals surface area contributed by atoms with Gasteiger partial charge >= 0.3 is 0 Å². The summed E-state index contributed by atoms with van der Waals surface area (Å²) in [7, 11) is 0. The van der Waals surface area contributed by atoms with Gasteiger partial charge in [0.2, 0.25) is 0 Å². The number of nitrogens with one attached hydrogen (secondary N) is 2. The zero-order valence-electron chi connectivity index (χ0n) is 12.2. The Bertz CT molecular complexity index is 480. The van der Waals surface area contributed by atoms with E-state index in [1.807, 2.05) is 26.0 Å². The maximum atomic E-state index is 11.8. The summed E-state index contributed by atoms with van der Waals surface area (Å²) in [5.41, 5.74) is 6.31. The van der Waals surface area contributed by atoms with Gasteiger partial charge in [-0.25, -0.2) is 0 Å². The van der Waals surface area contributed by atoms with Crippen molar-refractivity contribution in [2.75, 3.05) is 13.1 Å². The molecule has 7 heteroatoms. The molecule has 0 saturated carbocycles. The number of hydrogen-bond acceptors (Lipinski definition) is 2. The standard InChI is InChI=1S/C14H21BrN4O.HI/c1-10(2)19-14(16)18-8-4-7-17-13(20)11-5-3-6-12(15)9-11;/h3,5-6,9-10H,4,7-8H2,1-2H3,(H,17,20)(H3,16,18,19);1H. The van der Waals surface area contributed by atoms with Crippen molar-refractivity contribution >= 4 is 51.8 Å². The van der Waals surface area contributed by atoms with E-state index in [1.165, 1.54) is 0 Å². The molecule has 5 nitrogen and oxygen atoms in total. The van der Waals surface area contributed by atoms with Crippen LogP contribution in [-0.2, 0) is 0 Å². The first kappa shape index (κ1) is 20.2. The Morgan fingerprint density at radius 3 is 2.76 bits per heavy atom. The number of halogens is 2. The Morgan fingerprint density at radius 2 is 2.14 bits per heavy atom. The number of carbonyl (C=O) groups excluding carboxylic acids is 1. The van der Waals surface area contributed by atoms with E-state index in [9.17, 15) is 4.79 Å². The highest BCUT2D eigenvalue weighted by Gasteiger charge is 2.04. The summed E-state index contributed by atoms with van der Waals surface area (Å²) < 4.78 is 0.891. The Morgan fingerprint density at radius 1 is 1.43 bits per heavy atom. The van der Waals surface area contributed by atoms with Crippen LogP contribution in [0, 0.1) is 0 Å². The van der Waals surface area contributed by atoms with Crippen molar-refractivity contribution in [1.29, 1.82) is 0 Å². The molecule has 0 fully saturated rings. The van der Waals surface area contributed by atoms with Crippen LogP contribution in [0.25, 0.3) is 0 Å². The molecule has 21 heavy (non-hydrogen) atoms. The third kappa shape index (κ3) is 8.92. The van der Waals surface area contributed by atoms with E-state index in [2.05, 4.69) is 31.6 Å². The number of nitrogens with two attached hydrogens (primary N) is 1. The van der Waals surface area contributed by atoms with Crippen molar-refractivity contribution in [3.8, 4) is 0 Å². The minimum Gasteiger partial charge on any atom is -0.370 e. The van der Waals surface area contributed by atoms with Gasteiger partial charge in [0.25, 0.3) is 5.91 Å². The summed E-state index contributed by atoms with van der Waals surface area (Å²) in [6, 6.07) is 7.56. The number of rotatable bonds is 6. The molecule has 0 spiro atoms. The van der Waals surface area contributed by atoms with Crippen LogP contribution < -0.4 is 16.4 Å². The van der Waals surface area contributed by atoms with E-state index < -0.39 is 0 Å². The highest BCUT2D eigenvalue weighted by Crippen LogP contribution is 2.11. The van der Waals surface area contributed by atoms with Crippen LogP contribution >= 0.6 is 39.9 Å². The molecule has 1 rings (SSSR count). The van der Waals surface area contributed by atoms with Gasteiger partial charge in [0.1, 0.15) is 0 Å². The van der Waals surface area contributed by atoms with Gasteiger partial charge in [0.15, 0.2) is 5.96 Å². The number of guanidine groups is 1. The molecular weight excluding hydrogens is 447 g/mol. The second kappa shape index (κ2) is 10.8. The maximum absolute atomic E-state index is 11.8. The first-order valence-electron chi connectivity index (χ1n) is 6.59. The lowest BCUT2D eigenvalue weighted by molar-refractivity contribution is 0.0953. The van der Waals surface area contributed by atoms with Gasteiger partial charge in [-0.2, -0.15) is 0 Å². The predicted octanol–water partition coefficient (Wildman–Crippen LogP) is 2.50. The molecule has 0 aliphatic heterocycles. The van der Waals surface area contributed by atoms with Crippen molar-refractivity contribution in [2.24, 2.45) is 10.7 Å². The van der Waals surface area contributed by atoms with Crippen LogP contribution in [0.3, 0.4) is 0 Å². The van der Waals surface area contributed by atoms with Gasteiger partial charge < -0.3 is 16.4 Å². The van der Waals surface area contributed by atoms with Crippen LogP contribution in [0.2, 0.25) is 0 Å². The third-order valence-electron chi connectivity index (χ3n) is 2.43. The van der Waals surface area contributed by atoms with E-state index in [0.29, 0.717) is 24.6 Å². The third-order valence-corrected chi connectivity index (χ3v) is 2.92. The minimum atomic E-state index is -0.0800. The van der Waals surface area contributed by atoms with E-state index in [-0.39, 0.29) is 35.9 Å². The topological polar surface area (TPSA) is 79.5 Å². The number of aliphatic imine (C=N–C) groups is 1. The first-order chi connectivity index (χ1) is 9.49.